The monoisotopic (exact) mass is 268 g/mol. The topological polar surface area (TPSA) is 24.9 Å². The van der Waals surface area contributed by atoms with Crippen molar-refractivity contribution < 1.29 is 0 Å². The van der Waals surface area contributed by atoms with Crippen LogP contribution in [0.4, 0.5) is 0 Å². The van der Waals surface area contributed by atoms with Gasteiger partial charge in [-0.05, 0) is 56.2 Å². The highest BCUT2D eigenvalue weighted by Crippen LogP contribution is 2.14. The quantitative estimate of drug-likeness (QED) is 0.592. The molecular formula is C18H24N2. The van der Waals surface area contributed by atoms with Gasteiger partial charge < -0.3 is 5.32 Å². The molecule has 1 atom stereocenters. The number of nitrogens with zero attached hydrogens (tertiary/aromatic N) is 1. The summed E-state index contributed by atoms with van der Waals surface area (Å²) in [6.07, 6.45) is 11.8. The van der Waals surface area contributed by atoms with Crippen LogP contribution >= 0.6 is 0 Å². The molecule has 0 aliphatic rings. The van der Waals surface area contributed by atoms with E-state index in [9.17, 15) is 0 Å². The number of benzene rings is 1. The average molecular weight is 268 g/mol. The number of pyridine rings is 1. The maximum atomic E-state index is 4.14. The molecular weight excluding hydrogens is 244 g/mol. The number of allylic oxidation sites excluding steroid dienone is 2. The van der Waals surface area contributed by atoms with E-state index >= 15 is 0 Å². The highest BCUT2D eigenvalue weighted by molar-refractivity contribution is 5.81. The molecule has 1 aromatic heterocycles. The minimum atomic E-state index is 0.563. The van der Waals surface area contributed by atoms with Gasteiger partial charge in [-0.25, -0.2) is 0 Å². The normalized spacial score (nSPS) is 13.1. The summed E-state index contributed by atoms with van der Waals surface area (Å²) in [4.78, 5) is 4.14. The third-order valence-corrected chi connectivity index (χ3v) is 3.60. The number of hydrogen-bond acceptors (Lipinski definition) is 2. The van der Waals surface area contributed by atoms with Gasteiger partial charge in [0.15, 0.2) is 0 Å². The van der Waals surface area contributed by atoms with E-state index in [2.05, 4.69) is 60.6 Å². The number of aromatic nitrogens is 1. The van der Waals surface area contributed by atoms with Crippen LogP contribution in [-0.4, -0.2) is 11.0 Å². The zero-order chi connectivity index (χ0) is 14.2. The van der Waals surface area contributed by atoms with Crippen molar-refractivity contribution in [2.75, 3.05) is 0 Å². The van der Waals surface area contributed by atoms with Crippen molar-refractivity contribution in [2.24, 2.45) is 0 Å². The molecule has 106 valence electrons. The Bertz CT molecular complexity index is 560. The minimum absolute atomic E-state index is 0.563. The van der Waals surface area contributed by atoms with Crippen molar-refractivity contribution in [3.05, 3.63) is 54.4 Å². The van der Waals surface area contributed by atoms with Crippen LogP contribution in [0.3, 0.4) is 0 Å². The van der Waals surface area contributed by atoms with E-state index in [0.717, 1.165) is 6.54 Å². The predicted octanol–water partition coefficient (Wildman–Crippen LogP) is 4.46. The summed E-state index contributed by atoms with van der Waals surface area (Å²) < 4.78 is 0. The van der Waals surface area contributed by atoms with Crippen LogP contribution in [0.15, 0.2) is 48.8 Å². The van der Waals surface area contributed by atoms with Gasteiger partial charge in [0.05, 0.1) is 0 Å². The molecule has 2 heteroatoms. The highest BCUT2D eigenvalue weighted by atomic mass is 14.9. The lowest BCUT2D eigenvalue weighted by Gasteiger charge is -2.13. The van der Waals surface area contributed by atoms with Crippen molar-refractivity contribution >= 4 is 10.8 Å². The van der Waals surface area contributed by atoms with Gasteiger partial charge in [-0.2, -0.15) is 0 Å². The Hall–Kier alpha value is -1.67. The Balaban J connectivity index is 1.82. The number of hydrogen-bond donors (Lipinski definition) is 1. The molecule has 0 aliphatic heterocycles. The second kappa shape index (κ2) is 7.81. The maximum absolute atomic E-state index is 4.14. The Labute approximate surface area is 121 Å². The summed E-state index contributed by atoms with van der Waals surface area (Å²) in [5.41, 5.74) is 1.34. The van der Waals surface area contributed by atoms with E-state index in [4.69, 9.17) is 0 Å². The molecule has 2 rings (SSSR count). The number of nitrogens with one attached hydrogen (secondary N) is 1. The van der Waals surface area contributed by atoms with E-state index in [-0.39, 0.29) is 0 Å². The number of fused-ring (bicyclic) bond motifs is 1. The molecule has 1 aromatic carbocycles. The fourth-order valence-corrected chi connectivity index (χ4v) is 2.35. The van der Waals surface area contributed by atoms with Crippen molar-refractivity contribution in [3.8, 4) is 0 Å². The molecule has 20 heavy (non-hydrogen) atoms. The molecule has 0 amide bonds. The Morgan fingerprint density at radius 3 is 3.00 bits per heavy atom. The molecule has 2 aromatic rings. The molecule has 1 N–H and O–H groups in total. The molecule has 1 heterocycles. The second-order valence-corrected chi connectivity index (χ2v) is 5.34. The first-order valence-electron chi connectivity index (χ1n) is 7.47. The van der Waals surface area contributed by atoms with Crippen LogP contribution in [0.25, 0.3) is 10.8 Å². The van der Waals surface area contributed by atoms with Crippen molar-refractivity contribution in [3.63, 3.8) is 0 Å². The van der Waals surface area contributed by atoms with E-state index < -0.39 is 0 Å². The standard InChI is InChI=1S/C18H24N2/c1-3-4-5-6-7-15(2)20-13-16-8-9-18-14-19-11-10-17(18)12-16/h3-4,8-12,14-15,20H,5-7,13H2,1-2H3/t15-/m1/s1. The van der Waals surface area contributed by atoms with E-state index in [1.54, 1.807) is 0 Å². The molecule has 0 radical (unpaired) electrons. The van der Waals surface area contributed by atoms with Crippen LogP contribution in [0, 0.1) is 0 Å². The first kappa shape index (κ1) is 14.7. The van der Waals surface area contributed by atoms with Crippen molar-refractivity contribution in [1.29, 1.82) is 0 Å². The Morgan fingerprint density at radius 1 is 1.25 bits per heavy atom. The Kier molecular flexibility index (Phi) is 5.75. The molecule has 2 nitrogen and oxygen atoms in total. The summed E-state index contributed by atoms with van der Waals surface area (Å²) in [6.45, 7) is 5.28. The van der Waals surface area contributed by atoms with E-state index in [1.165, 1.54) is 35.6 Å². The molecule has 0 spiro atoms. The Morgan fingerprint density at radius 2 is 2.15 bits per heavy atom. The number of unbranched alkanes of at least 4 members (excludes halogenated alkanes) is 1. The molecule has 0 unspecified atom stereocenters. The maximum Gasteiger partial charge on any atom is 0.0346 e. The fraction of sp³-hybridized carbons (Fsp3) is 0.389. The minimum Gasteiger partial charge on any atom is -0.310 e. The van der Waals surface area contributed by atoms with Gasteiger partial charge in [-0.1, -0.05) is 24.3 Å². The first-order valence-corrected chi connectivity index (χ1v) is 7.47. The van der Waals surface area contributed by atoms with Crippen LogP contribution < -0.4 is 5.32 Å². The van der Waals surface area contributed by atoms with E-state index in [0.29, 0.717) is 6.04 Å². The van der Waals surface area contributed by atoms with Gasteiger partial charge in [-0.3, -0.25) is 4.98 Å². The van der Waals surface area contributed by atoms with Gasteiger partial charge in [0.1, 0.15) is 0 Å². The van der Waals surface area contributed by atoms with Crippen molar-refractivity contribution in [2.45, 2.75) is 45.7 Å². The van der Waals surface area contributed by atoms with Gasteiger partial charge in [0.25, 0.3) is 0 Å². The molecule has 0 saturated heterocycles. The fourth-order valence-electron chi connectivity index (χ4n) is 2.35. The van der Waals surface area contributed by atoms with Crippen LogP contribution in [0.5, 0.6) is 0 Å². The lowest BCUT2D eigenvalue weighted by molar-refractivity contribution is 0.500. The summed E-state index contributed by atoms with van der Waals surface area (Å²) in [5.74, 6) is 0. The van der Waals surface area contributed by atoms with Gasteiger partial charge in [-0.15, -0.1) is 0 Å². The third-order valence-electron chi connectivity index (χ3n) is 3.60. The smallest absolute Gasteiger partial charge is 0.0346 e. The van der Waals surface area contributed by atoms with Gasteiger partial charge >= 0.3 is 0 Å². The molecule has 0 bridgehead atoms. The predicted molar refractivity (Wildman–Crippen MR) is 86.7 cm³/mol. The molecule has 0 fully saturated rings. The molecule has 0 saturated carbocycles. The first-order chi connectivity index (χ1) is 9.79. The van der Waals surface area contributed by atoms with Crippen molar-refractivity contribution in [1.82, 2.24) is 10.3 Å². The summed E-state index contributed by atoms with van der Waals surface area (Å²) in [5, 5.41) is 6.07. The third kappa shape index (κ3) is 4.46. The van der Waals surface area contributed by atoms with Crippen LogP contribution in [0.2, 0.25) is 0 Å². The average Bonchev–Trinajstić information content (AvgIpc) is 2.49. The summed E-state index contributed by atoms with van der Waals surface area (Å²) >= 11 is 0. The lowest BCUT2D eigenvalue weighted by atomic mass is 10.1. The summed E-state index contributed by atoms with van der Waals surface area (Å²) in [7, 11) is 0. The number of rotatable bonds is 7. The van der Waals surface area contributed by atoms with Gasteiger partial charge in [0, 0.05) is 30.4 Å². The SMILES string of the molecule is CC=CCCC[C@@H](C)NCc1ccc2cnccc2c1. The van der Waals surface area contributed by atoms with Gasteiger partial charge in [0.2, 0.25) is 0 Å². The zero-order valence-corrected chi connectivity index (χ0v) is 12.5. The van der Waals surface area contributed by atoms with Crippen LogP contribution in [-0.2, 0) is 6.54 Å². The highest BCUT2D eigenvalue weighted by Gasteiger charge is 2.02. The lowest BCUT2D eigenvalue weighted by Crippen LogP contribution is -2.25. The largest absolute Gasteiger partial charge is 0.310 e. The second-order valence-electron chi connectivity index (χ2n) is 5.34. The molecule has 0 aliphatic carbocycles. The van der Waals surface area contributed by atoms with E-state index in [1.807, 2.05) is 12.4 Å². The zero-order valence-electron chi connectivity index (χ0n) is 12.5. The summed E-state index contributed by atoms with van der Waals surface area (Å²) in [6, 6.07) is 9.21. The van der Waals surface area contributed by atoms with Crippen LogP contribution in [0.1, 0.15) is 38.7 Å².